The predicted molar refractivity (Wildman–Crippen MR) is 155 cm³/mol. The number of Topliss-reactive ketones (excluding diaryl/α,β-unsaturated/α-hetero) is 1. The Hall–Kier alpha value is -4.47. The summed E-state index contributed by atoms with van der Waals surface area (Å²) in [7, 11) is 0. The summed E-state index contributed by atoms with van der Waals surface area (Å²) in [5.74, 6) is -0.193. The SMILES string of the molecule is CC(=O)C1=NN(c2ccc([N+](=O)[O-])cc2)[C@]2(S1)c1ccccc1C(c1ccc(Cl)cc1)=NN2c1ccccc1. The minimum absolute atomic E-state index is 0.0394. The number of rotatable bonds is 5. The van der Waals surface area contributed by atoms with E-state index in [-0.39, 0.29) is 11.5 Å². The van der Waals surface area contributed by atoms with E-state index in [1.807, 2.05) is 83.9 Å². The normalized spacial score (nSPS) is 18.0. The molecular formula is C29H20ClN5O3S. The molecule has 4 aromatic rings. The fourth-order valence-corrected chi connectivity index (χ4v) is 6.10. The number of halogens is 1. The van der Waals surface area contributed by atoms with Gasteiger partial charge in [-0.1, -0.05) is 66.2 Å². The molecule has 1 spiro atoms. The van der Waals surface area contributed by atoms with Gasteiger partial charge in [-0.3, -0.25) is 14.9 Å². The minimum atomic E-state index is -1.13. The van der Waals surface area contributed by atoms with Crippen LogP contribution in [0.15, 0.2) is 113 Å². The molecule has 39 heavy (non-hydrogen) atoms. The number of thioether (sulfide) groups is 1. The summed E-state index contributed by atoms with van der Waals surface area (Å²) in [5, 5.41) is 25.8. The quantitative estimate of drug-likeness (QED) is 0.200. The van der Waals surface area contributed by atoms with Gasteiger partial charge in [0.25, 0.3) is 5.69 Å². The van der Waals surface area contributed by atoms with Gasteiger partial charge >= 0.3 is 0 Å². The van der Waals surface area contributed by atoms with Gasteiger partial charge in [-0.25, -0.2) is 10.0 Å². The Balaban J connectivity index is 1.64. The molecule has 0 bridgehead atoms. The second-order valence-electron chi connectivity index (χ2n) is 8.91. The maximum Gasteiger partial charge on any atom is 0.269 e. The molecule has 6 rings (SSSR count). The first-order valence-electron chi connectivity index (χ1n) is 12.0. The van der Waals surface area contributed by atoms with E-state index < -0.39 is 9.92 Å². The average Bonchev–Trinajstić information content (AvgIpc) is 3.36. The van der Waals surface area contributed by atoms with Crippen molar-refractivity contribution in [3.05, 3.63) is 135 Å². The van der Waals surface area contributed by atoms with E-state index in [1.54, 1.807) is 17.1 Å². The Morgan fingerprint density at radius 1 is 0.846 bits per heavy atom. The molecule has 0 aromatic heterocycles. The average molecular weight is 554 g/mol. The van der Waals surface area contributed by atoms with Crippen molar-refractivity contribution in [1.82, 2.24) is 0 Å². The van der Waals surface area contributed by atoms with Crippen LogP contribution in [0.2, 0.25) is 5.02 Å². The molecule has 0 saturated carbocycles. The van der Waals surface area contributed by atoms with Crippen LogP contribution in [-0.2, 0) is 9.79 Å². The number of ketones is 1. The number of hydrogen-bond acceptors (Lipinski definition) is 8. The smallest absolute Gasteiger partial charge is 0.269 e. The van der Waals surface area contributed by atoms with E-state index in [4.69, 9.17) is 21.8 Å². The van der Waals surface area contributed by atoms with Crippen molar-refractivity contribution in [3.63, 3.8) is 0 Å². The number of fused-ring (bicyclic) bond motifs is 2. The van der Waals surface area contributed by atoms with Crippen LogP contribution in [0.4, 0.5) is 17.1 Å². The third-order valence-electron chi connectivity index (χ3n) is 6.46. The number of carbonyl (C=O) groups is 1. The third kappa shape index (κ3) is 4.16. The lowest BCUT2D eigenvalue weighted by molar-refractivity contribution is -0.384. The first kappa shape index (κ1) is 24.8. The van der Waals surface area contributed by atoms with Crippen LogP contribution in [0.25, 0.3) is 0 Å². The zero-order valence-electron chi connectivity index (χ0n) is 20.6. The number of non-ortho nitro benzene ring substituents is 1. The fourth-order valence-electron chi connectivity index (χ4n) is 4.68. The summed E-state index contributed by atoms with van der Waals surface area (Å²) in [4.78, 5) is 22.5. The lowest BCUT2D eigenvalue weighted by Gasteiger charge is -2.47. The Labute approximate surface area is 233 Å². The van der Waals surface area contributed by atoms with Gasteiger partial charge in [0.2, 0.25) is 4.99 Å². The Bertz CT molecular complexity index is 1660. The van der Waals surface area contributed by atoms with Gasteiger partial charge in [0.1, 0.15) is 0 Å². The Morgan fingerprint density at radius 2 is 1.46 bits per heavy atom. The highest BCUT2D eigenvalue weighted by Crippen LogP contribution is 2.55. The van der Waals surface area contributed by atoms with Crippen LogP contribution in [0.5, 0.6) is 0 Å². The molecule has 8 nitrogen and oxygen atoms in total. The van der Waals surface area contributed by atoms with Gasteiger partial charge in [-0.2, -0.15) is 10.2 Å². The van der Waals surface area contributed by atoms with E-state index in [1.165, 1.54) is 30.8 Å². The second kappa shape index (κ2) is 9.68. The Morgan fingerprint density at radius 3 is 2.13 bits per heavy atom. The maximum atomic E-state index is 12.7. The number of nitro benzene ring substituents is 1. The molecule has 1 atom stereocenters. The molecule has 2 heterocycles. The predicted octanol–water partition coefficient (Wildman–Crippen LogP) is 6.79. The number of hydrazone groups is 2. The minimum Gasteiger partial charge on any atom is -0.292 e. The van der Waals surface area contributed by atoms with Crippen molar-refractivity contribution in [1.29, 1.82) is 0 Å². The van der Waals surface area contributed by atoms with E-state index in [0.717, 1.165) is 28.1 Å². The topological polar surface area (TPSA) is 91.4 Å². The van der Waals surface area contributed by atoms with Crippen LogP contribution in [-0.4, -0.2) is 21.5 Å². The maximum absolute atomic E-state index is 12.7. The van der Waals surface area contributed by atoms with Gasteiger partial charge in [0.05, 0.1) is 22.0 Å². The summed E-state index contributed by atoms with van der Waals surface area (Å²) >= 11 is 7.48. The van der Waals surface area contributed by atoms with Crippen molar-refractivity contribution in [2.45, 2.75) is 11.9 Å². The first-order valence-corrected chi connectivity index (χ1v) is 13.2. The molecule has 2 aliphatic rings. The zero-order valence-corrected chi connectivity index (χ0v) is 22.1. The molecule has 0 fully saturated rings. The molecule has 0 amide bonds. The molecular weight excluding hydrogens is 534 g/mol. The molecule has 0 N–H and O–H groups in total. The monoisotopic (exact) mass is 553 g/mol. The molecule has 0 unspecified atom stereocenters. The largest absolute Gasteiger partial charge is 0.292 e. The fraction of sp³-hybridized carbons (Fsp3) is 0.0690. The molecule has 192 valence electrons. The molecule has 4 aromatic carbocycles. The number of anilines is 2. The number of hydrogen-bond donors (Lipinski definition) is 0. The highest BCUT2D eigenvalue weighted by atomic mass is 35.5. The van der Waals surface area contributed by atoms with Gasteiger partial charge in [0.15, 0.2) is 10.8 Å². The number of para-hydroxylation sites is 1. The van der Waals surface area contributed by atoms with E-state index in [0.29, 0.717) is 15.8 Å². The van der Waals surface area contributed by atoms with Crippen molar-refractivity contribution >= 4 is 57.0 Å². The van der Waals surface area contributed by atoms with Gasteiger partial charge in [-0.05, 0) is 48.2 Å². The summed E-state index contributed by atoms with van der Waals surface area (Å²) < 4.78 is 0. The van der Waals surface area contributed by atoms with Gasteiger partial charge in [0, 0.05) is 40.8 Å². The summed E-state index contributed by atoms with van der Waals surface area (Å²) in [6, 6.07) is 31.1. The van der Waals surface area contributed by atoms with E-state index in [9.17, 15) is 14.9 Å². The van der Waals surface area contributed by atoms with Crippen molar-refractivity contribution < 1.29 is 9.72 Å². The molecule has 0 radical (unpaired) electrons. The lowest BCUT2D eigenvalue weighted by atomic mass is 9.93. The van der Waals surface area contributed by atoms with Crippen LogP contribution in [0.1, 0.15) is 23.6 Å². The number of nitro groups is 1. The molecule has 10 heteroatoms. The van der Waals surface area contributed by atoms with Gasteiger partial charge < -0.3 is 0 Å². The Kier molecular flexibility index (Phi) is 6.17. The van der Waals surface area contributed by atoms with Gasteiger partial charge in [-0.15, -0.1) is 0 Å². The van der Waals surface area contributed by atoms with Crippen LogP contribution >= 0.6 is 23.4 Å². The van der Waals surface area contributed by atoms with Crippen molar-refractivity contribution in [2.24, 2.45) is 10.2 Å². The van der Waals surface area contributed by atoms with E-state index >= 15 is 0 Å². The number of carbonyl (C=O) groups excluding carboxylic acids is 1. The molecule has 0 aliphatic carbocycles. The zero-order chi connectivity index (χ0) is 27.1. The first-order chi connectivity index (χ1) is 18.9. The van der Waals surface area contributed by atoms with Crippen LogP contribution in [0.3, 0.4) is 0 Å². The standard InChI is InChI=1S/C29H20ClN5O3S/c1-19(36)28-32-34(23-15-17-24(18-16-23)35(37)38)29(39-28)26-10-6-5-9-25(26)27(20-11-13-21(30)14-12-20)31-33(29)22-7-3-2-4-8-22/h2-18H,1H3/t29-/m0/s1. The van der Waals surface area contributed by atoms with Crippen LogP contribution in [0, 0.1) is 10.1 Å². The number of nitrogens with zero attached hydrogens (tertiary/aromatic N) is 5. The molecule has 0 saturated heterocycles. The summed E-state index contributed by atoms with van der Waals surface area (Å²) in [6.07, 6.45) is 0. The number of benzene rings is 4. The van der Waals surface area contributed by atoms with Crippen LogP contribution < -0.4 is 10.0 Å². The summed E-state index contributed by atoms with van der Waals surface area (Å²) in [6.45, 7) is 1.48. The van der Waals surface area contributed by atoms with Crippen molar-refractivity contribution in [3.8, 4) is 0 Å². The molecule has 2 aliphatic heterocycles. The third-order valence-corrected chi connectivity index (χ3v) is 8.13. The van der Waals surface area contributed by atoms with E-state index in [2.05, 4.69) is 0 Å². The highest BCUT2D eigenvalue weighted by molar-refractivity contribution is 8.17. The second-order valence-corrected chi connectivity index (χ2v) is 10.5. The summed E-state index contributed by atoms with van der Waals surface area (Å²) in [5.41, 5.74) is 4.64. The lowest BCUT2D eigenvalue weighted by Crippen LogP contribution is -2.54. The van der Waals surface area contributed by atoms with Crippen molar-refractivity contribution in [2.75, 3.05) is 10.0 Å². The highest BCUT2D eigenvalue weighted by Gasteiger charge is 2.55.